The van der Waals surface area contributed by atoms with Crippen molar-refractivity contribution < 1.29 is 14.3 Å². The molecule has 3 aromatic carbocycles. The maximum atomic E-state index is 12.5. The topological polar surface area (TPSA) is 63.2 Å². The van der Waals surface area contributed by atoms with Crippen molar-refractivity contribution in [2.75, 3.05) is 32.2 Å². The van der Waals surface area contributed by atoms with Gasteiger partial charge in [0.25, 0.3) is 5.91 Å². The van der Waals surface area contributed by atoms with E-state index in [0.717, 1.165) is 17.0 Å². The first-order chi connectivity index (χ1) is 14.6. The number of carbonyl (C=O) groups is 1. The van der Waals surface area contributed by atoms with Crippen LogP contribution in [0.15, 0.2) is 84.0 Å². The summed E-state index contributed by atoms with van der Waals surface area (Å²) in [5.74, 6) is 0.924. The van der Waals surface area contributed by atoms with E-state index in [4.69, 9.17) is 9.47 Å². The Hall–Kier alpha value is -3.80. The molecule has 0 fully saturated rings. The highest BCUT2D eigenvalue weighted by molar-refractivity contribution is 5.97. The van der Waals surface area contributed by atoms with Gasteiger partial charge in [-0.15, -0.1) is 0 Å². The Morgan fingerprint density at radius 3 is 2.30 bits per heavy atom. The van der Waals surface area contributed by atoms with Crippen LogP contribution < -0.4 is 19.8 Å². The molecule has 0 aliphatic carbocycles. The number of nitrogens with one attached hydrogen (secondary N) is 1. The van der Waals surface area contributed by atoms with Gasteiger partial charge in [0, 0.05) is 19.8 Å². The summed E-state index contributed by atoms with van der Waals surface area (Å²) in [6, 6.07) is 24.4. The van der Waals surface area contributed by atoms with Gasteiger partial charge in [0.15, 0.2) is 0 Å². The molecular weight excluding hydrogens is 378 g/mol. The Kier molecular flexibility index (Phi) is 7.44. The molecule has 1 amide bonds. The van der Waals surface area contributed by atoms with Gasteiger partial charge in [-0.25, -0.2) is 5.43 Å². The SMILES string of the molecule is CN(C)c1ccc(/C=N\NC(=O)c2ccccc2OCCOc2ccccc2)cc1. The zero-order valence-corrected chi connectivity index (χ0v) is 17.1. The van der Waals surface area contributed by atoms with Crippen molar-refractivity contribution in [2.24, 2.45) is 5.10 Å². The molecule has 0 heterocycles. The number of ether oxygens (including phenoxy) is 2. The minimum atomic E-state index is -0.337. The van der Waals surface area contributed by atoms with Crippen LogP contribution in [0, 0.1) is 0 Å². The van der Waals surface area contributed by atoms with E-state index in [2.05, 4.69) is 10.5 Å². The molecule has 0 spiro atoms. The van der Waals surface area contributed by atoms with Crippen LogP contribution in [0.2, 0.25) is 0 Å². The molecule has 0 unspecified atom stereocenters. The van der Waals surface area contributed by atoms with Crippen molar-refractivity contribution in [3.8, 4) is 11.5 Å². The standard InChI is InChI=1S/C24H25N3O3/c1-27(2)20-14-12-19(13-15-20)18-25-26-24(28)22-10-6-7-11-23(22)30-17-16-29-21-8-4-3-5-9-21/h3-15,18H,16-17H2,1-2H3,(H,26,28)/b25-18-. The average Bonchev–Trinajstić information content (AvgIpc) is 2.78. The summed E-state index contributed by atoms with van der Waals surface area (Å²) < 4.78 is 11.4. The normalized spacial score (nSPS) is 10.6. The minimum Gasteiger partial charge on any atom is -0.490 e. The van der Waals surface area contributed by atoms with Gasteiger partial charge in [0.1, 0.15) is 24.7 Å². The first-order valence-corrected chi connectivity index (χ1v) is 9.64. The van der Waals surface area contributed by atoms with Crippen molar-refractivity contribution in [1.29, 1.82) is 0 Å². The Labute approximate surface area is 176 Å². The second-order valence-electron chi connectivity index (χ2n) is 6.69. The van der Waals surface area contributed by atoms with Gasteiger partial charge in [-0.1, -0.05) is 42.5 Å². The molecule has 0 saturated carbocycles. The lowest BCUT2D eigenvalue weighted by atomic mass is 10.2. The first-order valence-electron chi connectivity index (χ1n) is 9.64. The molecule has 6 nitrogen and oxygen atoms in total. The number of hydrazone groups is 1. The number of hydrogen-bond acceptors (Lipinski definition) is 5. The zero-order valence-electron chi connectivity index (χ0n) is 17.1. The number of anilines is 1. The Balaban J connectivity index is 1.53. The highest BCUT2D eigenvalue weighted by Gasteiger charge is 2.11. The summed E-state index contributed by atoms with van der Waals surface area (Å²) in [6.45, 7) is 0.696. The monoisotopic (exact) mass is 403 g/mol. The summed E-state index contributed by atoms with van der Waals surface area (Å²) in [4.78, 5) is 14.5. The van der Waals surface area contributed by atoms with E-state index in [0.29, 0.717) is 24.5 Å². The molecule has 0 aliphatic rings. The van der Waals surface area contributed by atoms with Gasteiger partial charge in [-0.3, -0.25) is 4.79 Å². The van der Waals surface area contributed by atoms with Gasteiger partial charge in [-0.05, 0) is 42.0 Å². The lowest BCUT2D eigenvalue weighted by Crippen LogP contribution is -2.19. The molecule has 0 atom stereocenters. The maximum absolute atomic E-state index is 12.5. The number of hydrogen-bond donors (Lipinski definition) is 1. The molecule has 1 N–H and O–H groups in total. The summed E-state index contributed by atoms with van der Waals surface area (Å²) in [7, 11) is 3.97. The third-order valence-electron chi connectivity index (χ3n) is 4.27. The fraction of sp³-hybridized carbons (Fsp3) is 0.167. The number of rotatable bonds is 9. The second-order valence-corrected chi connectivity index (χ2v) is 6.69. The number of carbonyl (C=O) groups excluding carboxylic acids is 1. The smallest absolute Gasteiger partial charge is 0.275 e. The molecular formula is C24H25N3O3. The van der Waals surface area contributed by atoms with Crippen molar-refractivity contribution >= 4 is 17.8 Å². The summed E-state index contributed by atoms with van der Waals surface area (Å²) in [5.41, 5.74) is 4.95. The maximum Gasteiger partial charge on any atom is 0.275 e. The predicted molar refractivity (Wildman–Crippen MR) is 120 cm³/mol. The van der Waals surface area contributed by atoms with E-state index in [1.54, 1.807) is 24.4 Å². The molecule has 0 bridgehead atoms. The van der Waals surface area contributed by atoms with Crippen LogP contribution in [0.5, 0.6) is 11.5 Å². The molecule has 6 heteroatoms. The first kappa shape index (κ1) is 20.9. The highest BCUT2D eigenvalue weighted by atomic mass is 16.5. The summed E-state index contributed by atoms with van der Waals surface area (Å²) in [5, 5.41) is 4.05. The number of nitrogens with zero attached hydrogens (tertiary/aromatic N) is 2. The lowest BCUT2D eigenvalue weighted by Gasteiger charge is -2.12. The number of para-hydroxylation sites is 2. The summed E-state index contributed by atoms with van der Waals surface area (Å²) in [6.07, 6.45) is 1.61. The van der Waals surface area contributed by atoms with E-state index in [9.17, 15) is 4.79 Å². The van der Waals surface area contributed by atoms with Crippen LogP contribution in [0.3, 0.4) is 0 Å². The predicted octanol–water partition coefficient (Wildman–Crippen LogP) is 3.97. The third kappa shape index (κ3) is 6.10. The number of amides is 1. The van der Waals surface area contributed by atoms with Crippen LogP contribution in [0.4, 0.5) is 5.69 Å². The van der Waals surface area contributed by atoms with Gasteiger partial charge < -0.3 is 14.4 Å². The van der Waals surface area contributed by atoms with Crippen LogP contribution in [0.25, 0.3) is 0 Å². The van der Waals surface area contributed by atoms with E-state index < -0.39 is 0 Å². The summed E-state index contributed by atoms with van der Waals surface area (Å²) >= 11 is 0. The van der Waals surface area contributed by atoms with Crippen molar-refractivity contribution in [1.82, 2.24) is 5.43 Å². The Morgan fingerprint density at radius 2 is 1.57 bits per heavy atom. The van der Waals surface area contributed by atoms with Gasteiger partial charge >= 0.3 is 0 Å². The molecule has 0 aliphatic heterocycles. The average molecular weight is 403 g/mol. The quantitative estimate of drug-likeness (QED) is 0.334. The van der Waals surface area contributed by atoms with Gasteiger partial charge in [-0.2, -0.15) is 5.10 Å². The fourth-order valence-electron chi connectivity index (χ4n) is 2.69. The lowest BCUT2D eigenvalue weighted by molar-refractivity contribution is 0.0950. The van der Waals surface area contributed by atoms with E-state index in [1.165, 1.54) is 0 Å². The largest absolute Gasteiger partial charge is 0.490 e. The molecule has 0 saturated heterocycles. The Bertz CT molecular complexity index is 971. The van der Waals surface area contributed by atoms with Gasteiger partial charge in [0.05, 0.1) is 11.8 Å². The molecule has 0 radical (unpaired) electrons. The van der Waals surface area contributed by atoms with Crippen molar-refractivity contribution in [2.45, 2.75) is 0 Å². The second kappa shape index (κ2) is 10.7. The van der Waals surface area contributed by atoms with Crippen LogP contribution >= 0.6 is 0 Å². The molecule has 30 heavy (non-hydrogen) atoms. The zero-order chi connectivity index (χ0) is 21.2. The van der Waals surface area contributed by atoms with Crippen molar-refractivity contribution in [3.63, 3.8) is 0 Å². The van der Waals surface area contributed by atoms with Crippen LogP contribution in [-0.4, -0.2) is 39.4 Å². The molecule has 3 rings (SSSR count). The minimum absolute atomic E-state index is 0.320. The fourth-order valence-corrected chi connectivity index (χ4v) is 2.69. The van der Waals surface area contributed by atoms with Gasteiger partial charge in [0.2, 0.25) is 0 Å². The van der Waals surface area contributed by atoms with E-state index >= 15 is 0 Å². The molecule has 3 aromatic rings. The molecule has 0 aromatic heterocycles. The van der Waals surface area contributed by atoms with E-state index in [-0.39, 0.29) is 5.91 Å². The third-order valence-corrected chi connectivity index (χ3v) is 4.27. The number of benzene rings is 3. The van der Waals surface area contributed by atoms with Crippen LogP contribution in [-0.2, 0) is 0 Å². The molecule has 154 valence electrons. The van der Waals surface area contributed by atoms with E-state index in [1.807, 2.05) is 79.7 Å². The Morgan fingerprint density at radius 1 is 0.900 bits per heavy atom. The van der Waals surface area contributed by atoms with Crippen molar-refractivity contribution in [3.05, 3.63) is 90.0 Å². The van der Waals surface area contributed by atoms with Crippen LogP contribution in [0.1, 0.15) is 15.9 Å². The highest BCUT2D eigenvalue weighted by Crippen LogP contribution is 2.18.